The van der Waals surface area contributed by atoms with Gasteiger partial charge in [0.15, 0.2) is 0 Å². The second-order valence-corrected chi connectivity index (χ2v) is 11.0. The van der Waals surface area contributed by atoms with E-state index < -0.39 is 11.6 Å². The van der Waals surface area contributed by atoms with Crippen LogP contribution in [0.2, 0.25) is 0 Å². The molecule has 1 heterocycles. The number of hydrogen-bond acceptors (Lipinski definition) is 5. The molecule has 0 saturated carbocycles. The molecule has 1 fully saturated rings. The number of carbonyl (C=O) groups excluding carboxylic acids is 2. The minimum absolute atomic E-state index is 0.145. The van der Waals surface area contributed by atoms with Gasteiger partial charge in [-0.1, -0.05) is 50.2 Å². The van der Waals surface area contributed by atoms with Gasteiger partial charge in [-0.3, -0.25) is 4.79 Å². The highest BCUT2D eigenvalue weighted by molar-refractivity contribution is 5.81. The van der Waals surface area contributed by atoms with Crippen molar-refractivity contribution >= 4 is 12.0 Å². The zero-order valence-electron chi connectivity index (χ0n) is 24.8. The van der Waals surface area contributed by atoms with Crippen LogP contribution < -0.4 is 15.8 Å². The molecule has 1 aliphatic rings. The highest BCUT2D eigenvalue weighted by Gasteiger charge is 2.27. The summed E-state index contributed by atoms with van der Waals surface area (Å²) < 4.78 is 11.6. The Bertz CT molecular complexity index is 1020. The summed E-state index contributed by atoms with van der Waals surface area (Å²) in [6, 6.07) is 15.5. The molecule has 2 unspecified atom stereocenters. The van der Waals surface area contributed by atoms with Crippen molar-refractivity contribution in [1.82, 2.24) is 10.2 Å². The largest absolute Gasteiger partial charge is 0.494 e. The van der Waals surface area contributed by atoms with E-state index in [4.69, 9.17) is 15.2 Å². The van der Waals surface area contributed by atoms with Gasteiger partial charge in [0.1, 0.15) is 11.4 Å². The molecule has 0 aromatic heterocycles. The molecule has 2 amide bonds. The van der Waals surface area contributed by atoms with Crippen molar-refractivity contribution in [3.8, 4) is 5.75 Å². The maximum atomic E-state index is 12.5. The van der Waals surface area contributed by atoms with Crippen molar-refractivity contribution in [3.63, 3.8) is 0 Å². The summed E-state index contributed by atoms with van der Waals surface area (Å²) in [6.45, 7) is 14.1. The fraction of sp³-hybridized carbons (Fsp3) is 0.562. The number of amides is 2. The average Bonchev–Trinajstić information content (AvgIpc) is 2.92. The topological polar surface area (TPSA) is 93.9 Å². The highest BCUT2D eigenvalue weighted by Crippen LogP contribution is 2.23. The molecular weight excluding hydrogens is 490 g/mol. The van der Waals surface area contributed by atoms with Crippen LogP contribution in [0.15, 0.2) is 48.5 Å². The van der Waals surface area contributed by atoms with Crippen molar-refractivity contribution < 1.29 is 19.1 Å². The molecule has 0 radical (unpaired) electrons. The Morgan fingerprint density at radius 3 is 2.54 bits per heavy atom. The van der Waals surface area contributed by atoms with E-state index >= 15 is 0 Å². The summed E-state index contributed by atoms with van der Waals surface area (Å²) in [5.41, 5.74) is 8.92. The molecule has 0 aliphatic carbocycles. The molecule has 0 bridgehead atoms. The summed E-state index contributed by atoms with van der Waals surface area (Å²) in [6.07, 6.45) is 4.07. The molecule has 1 aliphatic heterocycles. The Balaban J connectivity index is 0.00000260. The third-order valence-corrected chi connectivity index (χ3v) is 6.66. The number of ether oxygens (including phenoxy) is 2. The van der Waals surface area contributed by atoms with Crippen molar-refractivity contribution in [2.45, 2.75) is 91.8 Å². The molecule has 39 heavy (non-hydrogen) atoms. The number of piperidine rings is 1. The quantitative estimate of drug-likeness (QED) is 0.385. The molecule has 216 valence electrons. The third-order valence-electron chi connectivity index (χ3n) is 6.66. The molecule has 2 atom stereocenters. The van der Waals surface area contributed by atoms with Crippen molar-refractivity contribution in [3.05, 3.63) is 65.2 Å². The number of nitrogens with one attached hydrogen (secondary N) is 1. The van der Waals surface area contributed by atoms with Crippen molar-refractivity contribution in [2.24, 2.45) is 11.7 Å². The van der Waals surface area contributed by atoms with Gasteiger partial charge in [-0.25, -0.2) is 4.79 Å². The number of likely N-dealkylation sites (tertiary alicyclic amines) is 1. The minimum Gasteiger partial charge on any atom is -0.494 e. The summed E-state index contributed by atoms with van der Waals surface area (Å²) in [5, 5.41) is 2.97. The van der Waals surface area contributed by atoms with E-state index in [1.807, 2.05) is 95.0 Å². The average molecular weight is 540 g/mol. The first-order chi connectivity index (χ1) is 18.6. The molecule has 3 rings (SSSR count). The minimum atomic E-state index is -0.546. The SMILES string of the molecule is CC.Cc1ccc(OCCC2CCCN(C(=O)OC(C)(C)C)C2)cc1CNC(=O)C(N)CCc1ccccc1. The van der Waals surface area contributed by atoms with Gasteiger partial charge in [0.05, 0.1) is 12.6 Å². The maximum absolute atomic E-state index is 12.5. The van der Waals surface area contributed by atoms with Crippen molar-refractivity contribution in [2.75, 3.05) is 19.7 Å². The van der Waals surface area contributed by atoms with Gasteiger partial charge in [-0.05, 0) is 94.5 Å². The summed E-state index contributed by atoms with van der Waals surface area (Å²) in [7, 11) is 0. The Morgan fingerprint density at radius 1 is 1.13 bits per heavy atom. The smallest absolute Gasteiger partial charge is 0.410 e. The maximum Gasteiger partial charge on any atom is 0.410 e. The van der Waals surface area contributed by atoms with Crippen LogP contribution in [0.3, 0.4) is 0 Å². The molecular formula is C32H49N3O4. The van der Waals surface area contributed by atoms with Gasteiger partial charge in [0.25, 0.3) is 0 Å². The monoisotopic (exact) mass is 539 g/mol. The first-order valence-corrected chi connectivity index (χ1v) is 14.4. The highest BCUT2D eigenvalue weighted by atomic mass is 16.6. The Labute approximate surface area is 235 Å². The predicted octanol–water partition coefficient (Wildman–Crippen LogP) is 6.01. The molecule has 0 spiro atoms. The number of nitrogens with two attached hydrogens (primary N) is 1. The predicted molar refractivity (Wildman–Crippen MR) is 158 cm³/mol. The van der Waals surface area contributed by atoms with E-state index in [0.717, 1.165) is 49.1 Å². The lowest BCUT2D eigenvalue weighted by atomic mass is 9.95. The lowest BCUT2D eigenvalue weighted by Crippen LogP contribution is -2.43. The Hall–Kier alpha value is -3.06. The molecule has 2 aromatic rings. The van der Waals surface area contributed by atoms with Crippen LogP contribution in [0.1, 0.15) is 77.0 Å². The van der Waals surface area contributed by atoms with Crippen LogP contribution in [-0.4, -0.2) is 48.2 Å². The Morgan fingerprint density at radius 2 is 1.85 bits per heavy atom. The van der Waals surface area contributed by atoms with Gasteiger partial charge in [-0.2, -0.15) is 0 Å². The fourth-order valence-corrected chi connectivity index (χ4v) is 4.48. The molecule has 3 N–H and O–H groups in total. The van der Waals surface area contributed by atoms with Gasteiger partial charge in [0.2, 0.25) is 5.91 Å². The second-order valence-electron chi connectivity index (χ2n) is 11.0. The lowest BCUT2D eigenvalue weighted by molar-refractivity contribution is -0.122. The first-order valence-electron chi connectivity index (χ1n) is 14.4. The van der Waals surface area contributed by atoms with Gasteiger partial charge in [-0.15, -0.1) is 0 Å². The van der Waals surface area contributed by atoms with E-state index in [1.54, 1.807) is 0 Å². The van der Waals surface area contributed by atoms with Crippen LogP contribution in [0.4, 0.5) is 4.79 Å². The van der Waals surface area contributed by atoms with E-state index in [-0.39, 0.29) is 12.0 Å². The third kappa shape index (κ3) is 11.7. The lowest BCUT2D eigenvalue weighted by Gasteiger charge is -2.34. The van der Waals surface area contributed by atoms with Gasteiger partial charge < -0.3 is 25.4 Å². The number of hydrogen-bond donors (Lipinski definition) is 2. The van der Waals surface area contributed by atoms with Crippen LogP contribution in [0, 0.1) is 12.8 Å². The normalized spacial score (nSPS) is 16.0. The van der Waals surface area contributed by atoms with Crippen molar-refractivity contribution in [1.29, 1.82) is 0 Å². The second kappa shape index (κ2) is 16.1. The molecule has 7 nitrogen and oxygen atoms in total. The van der Waals surface area contributed by atoms with Crippen LogP contribution >= 0.6 is 0 Å². The number of benzene rings is 2. The summed E-state index contributed by atoms with van der Waals surface area (Å²) in [5.74, 6) is 1.03. The zero-order valence-corrected chi connectivity index (χ0v) is 24.8. The van der Waals surface area contributed by atoms with Gasteiger partial charge >= 0.3 is 6.09 Å². The number of carbonyl (C=O) groups is 2. The molecule has 1 saturated heterocycles. The fourth-order valence-electron chi connectivity index (χ4n) is 4.48. The van der Waals surface area contributed by atoms with Gasteiger partial charge in [0, 0.05) is 19.6 Å². The zero-order chi connectivity index (χ0) is 28.8. The van der Waals surface area contributed by atoms with E-state index in [1.165, 1.54) is 5.56 Å². The summed E-state index contributed by atoms with van der Waals surface area (Å²) in [4.78, 5) is 26.8. The Kier molecular flexibility index (Phi) is 13.3. The number of aryl methyl sites for hydroxylation is 2. The van der Waals surface area contributed by atoms with Crippen LogP contribution in [0.25, 0.3) is 0 Å². The first kappa shape index (κ1) is 32.2. The number of rotatable bonds is 10. The molecule has 7 heteroatoms. The molecule has 2 aromatic carbocycles. The standard InChI is InChI=1S/C30H43N3O4.C2H6/c1-22-12-14-26(36-18-16-24-11-8-17-33(21-24)29(35)37-30(2,3)4)19-25(22)20-32-28(34)27(31)15-13-23-9-6-5-7-10-23;1-2/h5-7,9-10,12,14,19,24,27H,8,11,13,15-18,20-21,31H2,1-4H3,(H,32,34);1-2H3. The van der Waals surface area contributed by atoms with E-state index in [2.05, 4.69) is 5.32 Å². The van der Waals surface area contributed by atoms with E-state index in [0.29, 0.717) is 32.0 Å². The van der Waals surface area contributed by atoms with Crippen LogP contribution in [0.5, 0.6) is 5.75 Å². The van der Waals surface area contributed by atoms with E-state index in [9.17, 15) is 9.59 Å². The summed E-state index contributed by atoms with van der Waals surface area (Å²) >= 11 is 0. The van der Waals surface area contributed by atoms with Crippen LogP contribution in [-0.2, 0) is 22.5 Å². The number of nitrogens with zero attached hydrogens (tertiary/aromatic N) is 1.